The van der Waals surface area contributed by atoms with E-state index in [1.807, 2.05) is 31.4 Å². The van der Waals surface area contributed by atoms with Gasteiger partial charge in [-0.25, -0.2) is 0 Å². The summed E-state index contributed by atoms with van der Waals surface area (Å²) in [7, 11) is 0. The fourth-order valence-corrected chi connectivity index (χ4v) is 3.10. The van der Waals surface area contributed by atoms with Crippen molar-refractivity contribution in [3.8, 4) is 0 Å². The summed E-state index contributed by atoms with van der Waals surface area (Å²) < 4.78 is 1.36. The zero-order valence-electron chi connectivity index (χ0n) is 10.2. The molecule has 0 unspecified atom stereocenters. The fourth-order valence-electron chi connectivity index (χ4n) is 2.15. The van der Waals surface area contributed by atoms with Gasteiger partial charge in [-0.2, -0.15) is 0 Å². The second-order valence-corrected chi connectivity index (χ2v) is 4.51. The van der Waals surface area contributed by atoms with Crippen molar-refractivity contribution in [3.05, 3.63) is 23.2 Å². The highest BCUT2D eigenvalue weighted by molar-refractivity contribution is 7.17. The summed E-state index contributed by atoms with van der Waals surface area (Å²) in [6.45, 7) is 8.48. The average Bonchev–Trinajstić information content (AvgIpc) is 2.96. The summed E-state index contributed by atoms with van der Waals surface area (Å²) in [4.78, 5) is 6.92. The SMILES string of the molecule is CC.CCN1CCc2cnc3ccsc3c21. The van der Waals surface area contributed by atoms with Gasteiger partial charge in [-0.05, 0) is 30.4 Å². The van der Waals surface area contributed by atoms with E-state index < -0.39 is 0 Å². The van der Waals surface area contributed by atoms with Crippen molar-refractivity contribution in [2.45, 2.75) is 27.2 Å². The van der Waals surface area contributed by atoms with E-state index in [-0.39, 0.29) is 0 Å². The van der Waals surface area contributed by atoms with Gasteiger partial charge in [0.15, 0.2) is 0 Å². The molecule has 0 saturated heterocycles. The molecule has 0 N–H and O–H groups in total. The molecule has 0 bridgehead atoms. The first-order valence-corrected chi connectivity index (χ1v) is 6.88. The first kappa shape index (κ1) is 11.4. The van der Waals surface area contributed by atoms with Gasteiger partial charge in [-0.1, -0.05) is 13.8 Å². The highest BCUT2D eigenvalue weighted by atomic mass is 32.1. The van der Waals surface area contributed by atoms with Crippen LogP contribution >= 0.6 is 11.3 Å². The van der Waals surface area contributed by atoms with Crippen molar-refractivity contribution in [2.24, 2.45) is 0 Å². The van der Waals surface area contributed by atoms with Gasteiger partial charge in [0, 0.05) is 19.3 Å². The molecule has 0 saturated carbocycles. The van der Waals surface area contributed by atoms with E-state index in [1.165, 1.54) is 16.0 Å². The summed E-state index contributed by atoms with van der Waals surface area (Å²) >= 11 is 1.81. The van der Waals surface area contributed by atoms with Crippen LogP contribution in [0.3, 0.4) is 0 Å². The third kappa shape index (κ3) is 1.69. The number of hydrogen-bond acceptors (Lipinski definition) is 3. The lowest BCUT2D eigenvalue weighted by Crippen LogP contribution is -2.19. The number of aromatic nitrogens is 1. The molecule has 0 aliphatic carbocycles. The Kier molecular flexibility index (Phi) is 3.44. The molecule has 0 radical (unpaired) electrons. The molecule has 0 spiro atoms. The van der Waals surface area contributed by atoms with E-state index in [2.05, 4.69) is 28.3 Å². The molecular weight excluding hydrogens is 216 g/mol. The Balaban J connectivity index is 0.000000457. The maximum Gasteiger partial charge on any atom is 0.0831 e. The Morgan fingerprint density at radius 1 is 1.44 bits per heavy atom. The van der Waals surface area contributed by atoms with Crippen molar-refractivity contribution in [1.82, 2.24) is 4.98 Å². The van der Waals surface area contributed by atoms with Gasteiger partial charge in [0.05, 0.1) is 15.9 Å². The summed E-state index contributed by atoms with van der Waals surface area (Å²) in [6.07, 6.45) is 3.20. The van der Waals surface area contributed by atoms with Crippen LogP contribution in [0, 0.1) is 0 Å². The van der Waals surface area contributed by atoms with Crippen molar-refractivity contribution in [3.63, 3.8) is 0 Å². The van der Waals surface area contributed by atoms with Gasteiger partial charge < -0.3 is 4.90 Å². The van der Waals surface area contributed by atoms with E-state index in [0.29, 0.717) is 0 Å². The second kappa shape index (κ2) is 4.83. The Bertz CT molecular complexity index is 476. The number of likely N-dealkylation sites (N-methyl/N-ethyl adjacent to an activating group) is 1. The highest BCUT2D eigenvalue weighted by Crippen LogP contribution is 2.36. The molecule has 0 amide bonds. The van der Waals surface area contributed by atoms with Gasteiger partial charge in [0.1, 0.15) is 0 Å². The maximum atomic E-state index is 4.47. The molecule has 2 aromatic rings. The maximum absolute atomic E-state index is 4.47. The van der Waals surface area contributed by atoms with Crippen LogP contribution < -0.4 is 4.90 Å². The Morgan fingerprint density at radius 2 is 2.25 bits per heavy atom. The first-order chi connectivity index (χ1) is 7.90. The van der Waals surface area contributed by atoms with Crippen LogP contribution in [-0.2, 0) is 6.42 Å². The van der Waals surface area contributed by atoms with Crippen molar-refractivity contribution < 1.29 is 0 Å². The highest BCUT2D eigenvalue weighted by Gasteiger charge is 2.21. The number of pyridine rings is 1. The van der Waals surface area contributed by atoms with Gasteiger partial charge in [-0.3, -0.25) is 4.98 Å². The first-order valence-electron chi connectivity index (χ1n) is 6.00. The van der Waals surface area contributed by atoms with Crippen molar-refractivity contribution in [2.75, 3.05) is 18.0 Å². The molecule has 3 rings (SSSR count). The van der Waals surface area contributed by atoms with Crippen LogP contribution in [0.2, 0.25) is 0 Å². The molecule has 0 aromatic carbocycles. The Morgan fingerprint density at radius 3 is 3.00 bits per heavy atom. The van der Waals surface area contributed by atoms with E-state index >= 15 is 0 Å². The van der Waals surface area contributed by atoms with Crippen LogP contribution in [0.4, 0.5) is 5.69 Å². The Hall–Kier alpha value is -1.09. The number of nitrogens with zero attached hydrogens (tertiary/aromatic N) is 2. The third-order valence-electron chi connectivity index (χ3n) is 2.87. The molecule has 86 valence electrons. The summed E-state index contributed by atoms with van der Waals surface area (Å²) in [5.41, 5.74) is 4.00. The minimum atomic E-state index is 1.10. The van der Waals surface area contributed by atoms with Gasteiger partial charge in [-0.15, -0.1) is 11.3 Å². The fraction of sp³-hybridized carbons (Fsp3) is 0.462. The average molecular weight is 234 g/mol. The predicted molar refractivity (Wildman–Crippen MR) is 72.6 cm³/mol. The van der Waals surface area contributed by atoms with Crippen LogP contribution in [0.25, 0.3) is 10.2 Å². The molecule has 1 aliphatic rings. The number of hydrogen-bond donors (Lipinski definition) is 0. The summed E-state index contributed by atoms with van der Waals surface area (Å²) in [6, 6.07) is 2.10. The predicted octanol–water partition coefficient (Wildman–Crippen LogP) is 3.70. The van der Waals surface area contributed by atoms with Crippen molar-refractivity contribution in [1.29, 1.82) is 0 Å². The topological polar surface area (TPSA) is 16.1 Å². The van der Waals surface area contributed by atoms with Crippen molar-refractivity contribution >= 4 is 27.2 Å². The number of anilines is 1. The lowest BCUT2D eigenvalue weighted by molar-refractivity contribution is 0.870. The monoisotopic (exact) mass is 234 g/mol. The van der Waals surface area contributed by atoms with Crippen LogP contribution in [0.15, 0.2) is 17.6 Å². The molecule has 3 heteroatoms. The number of fused-ring (bicyclic) bond motifs is 3. The third-order valence-corrected chi connectivity index (χ3v) is 3.78. The molecule has 16 heavy (non-hydrogen) atoms. The zero-order valence-corrected chi connectivity index (χ0v) is 11.0. The molecule has 2 aromatic heterocycles. The molecular formula is C13H18N2S. The summed E-state index contributed by atoms with van der Waals surface area (Å²) in [5, 5.41) is 2.13. The standard InChI is InChI=1S/C11H12N2S.C2H6/c1-2-13-5-3-8-7-12-9-4-6-14-11(9)10(8)13;1-2/h4,6-7H,2-3,5H2,1H3;1-2H3. The Labute approximate surface area is 101 Å². The molecule has 0 atom stereocenters. The lowest BCUT2D eigenvalue weighted by atomic mass is 10.2. The second-order valence-electron chi connectivity index (χ2n) is 3.60. The van der Waals surface area contributed by atoms with E-state index in [1.54, 1.807) is 0 Å². The van der Waals surface area contributed by atoms with Crippen LogP contribution in [0.1, 0.15) is 26.3 Å². The smallest absolute Gasteiger partial charge is 0.0831 e. The molecule has 2 nitrogen and oxygen atoms in total. The van der Waals surface area contributed by atoms with E-state index in [4.69, 9.17) is 0 Å². The van der Waals surface area contributed by atoms with E-state index in [9.17, 15) is 0 Å². The van der Waals surface area contributed by atoms with Gasteiger partial charge >= 0.3 is 0 Å². The molecule has 3 heterocycles. The van der Waals surface area contributed by atoms with Crippen LogP contribution in [-0.4, -0.2) is 18.1 Å². The summed E-state index contributed by atoms with van der Waals surface area (Å²) in [5.74, 6) is 0. The molecule has 1 aliphatic heterocycles. The minimum Gasteiger partial charge on any atom is -0.370 e. The minimum absolute atomic E-state index is 1.10. The quantitative estimate of drug-likeness (QED) is 0.748. The largest absolute Gasteiger partial charge is 0.370 e. The molecule has 0 fully saturated rings. The number of rotatable bonds is 1. The van der Waals surface area contributed by atoms with Gasteiger partial charge in [0.2, 0.25) is 0 Å². The lowest BCUT2D eigenvalue weighted by Gasteiger charge is -2.16. The van der Waals surface area contributed by atoms with E-state index in [0.717, 1.165) is 25.0 Å². The number of thiophene rings is 1. The van der Waals surface area contributed by atoms with Gasteiger partial charge in [0.25, 0.3) is 0 Å². The van der Waals surface area contributed by atoms with Crippen LogP contribution in [0.5, 0.6) is 0 Å². The zero-order chi connectivity index (χ0) is 11.5. The normalized spacial score (nSPS) is 13.6.